The van der Waals surface area contributed by atoms with Crippen LogP contribution in [0, 0.1) is 11.8 Å². The maximum atomic E-state index is 12.4. The van der Waals surface area contributed by atoms with Crippen molar-refractivity contribution in [2.45, 2.75) is 10.2 Å². The van der Waals surface area contributed by atoms with Crippen LogP contribution in [0.4, 0.5) is 0 Å². The summed E-state index contributed by atoms with van der Waals surface area (Å²) in [7, 11) is 0. The molecule has 4 aliphatic rings. The quantitative estimate of drug-likeness (QED) is 0.414. The Labute approximate surface area is 135 Å². The molecule has 0 aromatic heterocycles. The van der Waals surface area contributed by atoms with Crippen LogP contribution in [0.2, 0.25) is 0 Å². The number of benzene rings is 2. The first-order valence-electron chi connectivity index (χ1n) is 7.27. The zero-order valence-electron chi connectivity index (χ0n) is 11.5. The van der Waals surface area contributed by atoms with E-state index in [1.54, 1.807) is 0 Å². The maximum absolute atomic E-state index is 12.4. The number of alkyl halides is 1. The van der Waals surface area contributed by atoms with Gasteiger partial charge in [0.05, 0.1) is 16.2 Å². The summed E-state index contributed by atoms with van der Waals surface area (Å²) in [6.45, 7) is 0. The average Bonchev–Trinajstić information content (AvgIpc) is 2.84. The summed E-state index contributed by atoms with van der Waals surface area (Å²) in [5, 5.41) is 0. The summed E-state index contributed by atoms with van der Waals surface area (Å²) >= 11 is 3.85. The molecular weight excluding hydrogens is 344 g/mol. The second-order valence-electron chi connectivity index (χ2n) is 6.11. The number of halogens is 1. The lowest BCUT2D eigenvalue weighted by molar-refractivity contribution is -0.153. The van der Waals surface area contributed by atoms with Crippen molar-refractivity contribution >= 4 is 27.9 Å². The molecule has 2 atom stereocenters. The Bertz CT molecular complexity index is 809. The van der Waals surface area contributed by atoms with Gasteiger partial charge in [0.1, 0.15) is 0 Å². The molecule has 1 heterocycles. The Morgan fingerprint density at radius 1 is 0.864 bits per heavy atom. The first-order valence-corrected chi connectivity index (χ1v) is 8.06. The fraction of sp³-hybridized carbons (Fsp3) is 0.222. The zero-order valence-corrected chi connectivity index (χ0v) is 13.0. The van der Waals surface area contributed by atoms with E-state index in [0.29, 0.717) is 0 Å². The summed E-state index contributed by atoms with van der Waals surface area (Å²) < 4.78 is 4.33. The first-order chi connectivity index (χ1) is 10.6. The maximum Gasteiger partial charge on any atom is 0.319 e. The highest BCUT2D eigenvalue weighted by atomic mass is 79.9. The Morgan fingerprint density at radius 3 is 2.00 bits per heavy atom. The molecule has 0 saturated carbocycles. The molecule has 108 valence electrons. The van der Waals surface area contributed by atoms with Gasteiger partial charge in [-0.25, -0.2) is 0 Å². The van der Waals surface area contributed by atoms with Gasteiger partial charge in [0.15, 0.2) is 0 Å². The summed E-state index contributed by atoms with van der Waals surface area (Å²) in [6.07, 6.45) is 0. The Balaban J connectivity index is 1.94. The predicted octanol–water partition coefficient (Wildman–Crippen LogP) is 3.10. The van der Waals surface area contributed by atoms with Crippen molar-refractivity contribution in [2.75, 3.05) is 0 Å². The van der Waals surface area contributed by atoms with Gasteiger partial charge >= 0.3 is 11.9 Å². The standard InChI is InChI=1S/C18H11BrO3/c19-18-11-7-3-1-5-9(11)13(10-6-2-4-8-12(10)18)14-15(18)17(21)22-16(14)20/h1-8,13-15H/t13?,14-,15+,18?/m0/s1. The molecule has 0 unspecified atom stereocenters. The van der Waals surface area contributed by atoms with E-state index >= 15 is 0 Å². The minimum absolute atomic E-state index is 0.101. The highest BCUT2D eigenvalue weighted by Gasteiger charge is 2.66. The van der Waals surface area contributed by atoms with Crippen molar-refractivity contribution in [1.29, 1.82) is 0 Å². The Kier molecular flexibility index (Phi) is 2.22. The fourth-order valence-electron chi connectivity index (χ4n) is 4.49. The number of hydrogen-bond donors (Lipinski definition) is 0. The molecule has 0 radical (unpaired) electrons. The van der Waals surface area contributed by atoms with Crippen LogP contribution in [-0.4, -0.2) is 11.9 Å². The van der Waals surface area contributed by atoms with E-state index in [0.717, 1.165) is 22.3 Å². The van der Waals surface area contributed by atoms with Crippen LogP contribution in [-0.2, 0) is 18.7 Å². The highest BCUT2D eigenvalue weighted by molar-refractivity contribution is 9.09. The van der Waals surface area contributed by atoms with Crippen molar-refractivity contribution in [2.24, 2.45) is 11.8 Å². The molecular formula is C18H11BrO3. The van der Waals surface area contributed by atoms with E-state index in [1.165, 1.54) is 0 Å². The second-order valence-corrected chi connectivity index (χ2v) is 7.36. The third-order valence-corrected chi connectivity index (χ3v) is 6.60. The highest BCUT2D eigenvalue weighted by Crippen LogP contribution is 2.65. The lowest BCUT2D eigenvalue weighted by Crippen LogP contribution is -2.50. The molecule has 3 nitrogen and oxygen atoms in total. The summed E-state index contributed by atoms with van der Waals surface area (Å²) in [5.41, 5.74) is 4.38. The molecule has 1 fully saturated rings. The fourth-order valence-corrected chi connectivity index (χ4v) is 5.68. The van der Waals surface area contributed by atoms with Gasteiger partial charge in [-0.3, -0.25) is 9.59 Å². The minimum Gasteiger partial charge on any atom is -0.393 e. The predicted molar refractivity (Wildman–Crippen MR) is 82.5 cm³/mol. The minimum atomic E-state index is -0.678. The SMILES string of the molecule is O=C1OC(=O)[C@H]2[C@@H]1C1c3ccccc3C2(Br)c2ccccc21. The van der Waals surface area contributed by atoms with Gasteiger partial charge < -0.3 is 4.74 Å². The topological polar surface area (TPSA) is 43.4 Å². The van der Waals surface area contributed by atoms with Gasteiger partial charge in [0, 0.05) is 5.92 Å². The number of cyclic esters (lactones) is 2. The molecule has 0 amide bonds. The van der Waals surface area contributed by atoms with Gasteiger partial charge in [-0.1, -0.05) is 64.5 Å². The van der Waals surface area contributed by atoms with E-state index < -0.39 is 28.1 Å². The third-order valence-electron chi connectivity index (χ3n) is 5.25. The van der Waals surface area contributed by atoms with Crippen LogP contribution in [0.15, 0.2) is 48.5 Å². The second kappa shape index (κ2) is 3.87. The number of rotatable bonds is 0. The lowest BCUT2D eigenvalue weighted by Gasteiger charge is -2.50. The summed E-state index contributed by atoms with van der Waals surface area (Å²) in [6, 6.07) is 16.1. The molecule has 4 heteroatoms. The Morgan fingerprint density at radius 2 is 1.41 bits per heavy atom. The van der Waals surface area contributed by atoms with Crippen LogP contribution < -0.4 is 0 Å². The van der Waals surface area contributed by atoms with Crippen molar-refractivity contribution < 1.29 is 14.3 Å². The van der Waals surface area contributed by atoms with Crippen LogP contribution in [0.25, 0.3) is 0 Å². The number of ether oxygens (including phenoxy) is 1. The van der Waals surface area contributed by atoms with Gasteiger partial charge in [-0.05, 0) is 22.3 Å². The van der Waals surface area contributed by atoms with Crippen LogP contribution in [0.3, 0.4) is 0 Å². The lowest BCUT2D eigenvalue weighted by atomic mass is 9.55. The largest absolute Gasteiger partial charge is 0.393 e. The van der Waals surface area contributed by atoms with E-state index in [2.05, 4.69) is 28.1 Å². The average molecular weight is 355 g/mol. The van der Waals surface area contributed by atoms with Gasteiger partial charge in [-0.2, -0.15) is 0 Å². The van der Waals surface area contributed by atoms with Crippen molar-refractivity contribution in [1.82, 2.24) is 0 Å². The summed E-state index contributed by atoms with van der Waals surface area (Å²) in [5.74, 6) is -1.84. The first kappa shape index (κ1) is 12.6. The summed E-state index contributed by atoms with van der Waals surface area (Å²) in [4.78, 5) is 24.7. The number of esters is 2. The Hall–Kier alpha value is -1.94. The molecule has 6 rings (SSSR count). The molecule has 2 aromatic carbocycles. The number of carbonyl (C=O) groups is 2. The molecule has 2 bridgehead atoms. The monoisotopic (exact) mass is 354 g/mol. The zero-order chi connectivity index (χ0) is 15.1. The van der Waals surface area contributed by atoms with Crippen molar-refractivity contribution in [3.05, 3.63) is 70.8 Å². The van der Waals surface area contributed by atoms with E-state index in [4.69, 9.17) is 4.74 Å². The van der Waals surface area contributed by atoms with Crippen molar-refractivity contribution in [3.8, 4) is 0 Å². The van der Waals surface area contributed by atoms with Gasteiger partial charge in [0.25, 0.3) is 0 Å². The van der Waals surface area contributed by atoms with Crippen LogP contribution in [0.1, 0.15) is 28.2 Å². The molecule has 2 aromatic rings. The van der Waals surface area contributed by atoms with E-state index in [-0.39, 0.29) is 5.92 Å². The smallest absolute Gasteiger partial charge is 0.319 e. The van der Waals surface area contributed by atoms with E-state index in [1.807, 2.05) is 36.4 Å². The third kappa shape index (κ3) is 1.20. The molecule has 0 spiro atoms. The molecule has 22 heavy (non-hydrogen) atoms. The van der Waals surface area contributed by atoms with Crippen LogP contribution in [0.5, 0.6) is 0 Å². The molecule has 1 saturated heterocycles. The number of carbonyl (C=O) groups excluding carboxylic acids is 2. The van der Waals surface area contributed by atoms with Gasteiger partial charge in [-0.15, -0.1) is 0 Å². The van der Waals surface area contributed by atoms with E-state index in [9.17, 15) is 9.59 Å². The molecule has 3 aliphatic carbocycles. The number of hydrogen-bond acceptors (Lipinski definition) is 3. The normalized spacial score (nSPS) is 34.0. The molecule has 1 aliphatic heterocycles. The molecule has 0 N–H and O–H groups in total. The van der Waals surface area contributed by atoms with Crippen LogP contribution >= 0.6 is 15.9 Å². The van der Waals surface area contributed by atoms with Gasteiger partial charge in [0.2, 0.25) is 0 Å². The van der Waals surface area contributed by atoms with Crippen molar-refractivity contribution in [3.63, 3.8) is 0 Å².